The predicted octanol–water partition coefficient (Wildman–Crippen LogP) is 4.74. The molecule has 0 aliphatic carbocycles. The van der Waals surface area contributed by atoms with E-state index in [0.717, 1.165) is 29.0 Å². The Morgan fingerprint density at radius 1 is 1.16 bits per heavy atom. The minimum Gasteiger partial charge on any atom is -0.312 e. The van der Waals surface area contributed by atoms with Crippen LogP contribution in [0.3, 0.4) is 0 Å². The van der Waals surface area contributed by atoms with Crippen molar-refractivity contribution in [3.63, 3.8) is 0 Å². The third kappa shape index (κ3) is 4.64. The van der Waals surface area contributed by atoms with Crippen molar-refractivity contribution >= 4 is 27.5 Å². The quantitative estimate of drug-likeness (QED) is 0.776. The summed E-state index contributed by atoms with van der Waals surface area (Å²) >= 11 is 9.45. The Balaban J connectivity index is 1.81. The first-order valence-corrected chi connectivity index (χ1v) is 7.52. The maximum absolute atomic E-state index is 5.92. The molecule has 0 spiro atoms. The van der Waals surface area contributed by atoms with Gasteiger partial charge < -0.3 is 5.32 Å². The molecule has 100 valence electrons. The van der Waals surface area contributed by atoms with Gasteiger partial charge in [-0.3, -0.25) is 0 Å². The number of rotatable bonds is 5. The Hall–Kier alpha value is -0.830. The van der Waals surface area contributed by atoms with Crippen LogP contribution in [0.4, 0.5) is 0 Å². The maximum Gasteiger partial charge on any atom is 0.0417 e. The van der Waals surface area contributed by atoms with E-state index >= 15 is 0 Å². The van der Waals surface area contributed by atoms with Gasteiger partial charge in [-0.1, -0.05) is 63.4 Å². The number of benzene rings is 2. The van der Waals surface area contributed by atoms with Crippen LogP contribution in [0, 0.1) is 6.92 Å². The van der Waals surface area contributed by atoms with Gasteiger partial charge in [0.2, 0.25) is 0 Å². The molecular formula is C16H17BrClN. The van der Waals surface area contributed by atoms with Crippen LogP contribution in [0.15, 0.2) is 46.9 Å². The highest BCUT2D eigenvalue weighted by Crippen LogP contribution is 2.21. The molecule has 2 aromatic rings. The molecule has 0 aromatic heterocycles. The minimum atomic E-state index is 0.760. The SMILES string of the molecule is Cc1cccc(CCNCc2ccc(Cl)cc2Br)c1. The Morgan fingerprint density at radius 3 is 2.74 bits per heavy atom. The molecule has 0 atom stereocenters. The van der Waals surface area contributed by atoms with E-state index in [0.29, 0.717) is 0 Å². The van der Waals surface area contributed by atoms with E-state index in [4.69, 9.17) is 11.6 Å². The van der Waals surface area contributed by atoms with Crippen LogP contribution < -0.4 is 5.32 Å². The molecule has 19 heavy (non-hydrogen) atoms. The first-order chi connectivity index (χ1) is 9.15. The van der Waals surface area contributed by atoms with Gasteiger partial charge in [0, 0.05) is 16.0 Å². The summed E-state index contributed by atoms with van der Waals surface area (Å²) in [4.78, 5) is 0. The third-order valence-corrected chi connectivity index (χ3v) is 3.98. The molecule has 0 unspecified atom stereocenters. The molecule has 0 aliphatic heterocycles. The number of halogens is 2. The molecule has 1 N–H and O–H groups in total. The summed E-state index contributed by atoms with van der Waals surface area (Å²) in [5.74, 6) is 0. The van der Waals surface area contributed by atoms with Crippen LogP contribution in [0.2, 0.25) is 5.02 Å². The fourth-order valence-electron chi connectivity index (χ4n) is 1.99. The smallest absolute Gasteiger partial charge is 0.0417 e. The molecule has 0 radical (unpaired) electrons. The molecule has 0 saturated heterocycles. The van der Waals surface area contributed by atoms with Gasteiger partial charge in [-0.2, -0.15) is 0 Å². The van der Waals surface area contributed by atoms with E-state index in [1.807, 2.05) is 18.2 Å². The normalized spacial score (nSPS) is 10.7. The van der Waals surface area contributed by atoms with Crippen molar-refractivity contribution in [3.8, 4) is 0 Å². The van der Waals surface area contributed by atoms with Crippen molar-refractivity contribution in [1.82, 2.24) is 5.32 Å². The first kappa shape index (κ1) is 14.6. The Morgan fingerprint density at radius 2 is 2.00 bits per heavy atom. The lowest BCUT2D eigenvalue weighted by molar-refractivity contribution is 0.685. The molecule has 0 amide bonds. The number of nitrogens with one attached hydrogen (secondary N) is 1. The highest BCUT2D eigenvalue weighted by Gasteiger charge is 2.00. The molecule has 0 saturated carbocycles. The average molecular weight is 339 g/mol. The van der Waals surface area contributed by atoms with Gasteiger partial charge in [0.25, 0.3) is 0 Å². The van der Waals surface area contributed by atoms with Crippen molar-refractivity contribution in [2.75, 3.05) is 6.54 Å². The van der Waals surface area contributed by atoms with Gasteiger partial charge in [0.1, 0.15) is 0 Å². The molecule has 1 nitrogen and oxygen atoms in total. The van der Waals surface area contributed by atoms with E-state index in [2.05, 4.69) is 52.4 Å². The van der Waals surface area contributed by atoms with Gasteiger partial charge in [-0.25, -0.2) is 0 Å². The van der Waals surface area contributed by atoms with Gasteiger partial charge in [0.15, 0.2) is 0 Å². The standard InChI is InChI=1S/C16H17BrClN/c1-12-3-2-4-13(9-12)7-8-19-11-14-5-6-15(18)10-16(14)17/h2-6,9-10,19H,7-8,11H2,1H3. The Kier molecular flexibility index (Phi) is 5.44. The van der Waals surface area contributed by atoms with Gasteiger partial charge in [0.05, 0.1) is 0 Å². The van der Waals surface area contributed by atoms with Gasteiger partial charge in [-0.15, -0.1) is 0 Å². The second kappa shape index (κ2) is 7.09. The van der Waals surface area contributed by atoms with E-state index in [1.165, 1.54) is 16.7 Å². The second-order valence-electron chi connectivity index (χ2n) is 4.65. The lowest BCUT2D eigenvalue weighted by atomic mass is 10.1. The highest BCUT2D eigenvalue weighted by atomic mass is 79.9. The van der Waals surface area contributed by atoms with Crippen molar-refractivity contribution < 1.29 is 0 Å². The van der Waals surface area contributed by atoms with Crippen molar-refractivity contribution in [2.45, 2.75) is 19.9 Å². The molecule has 2 aromatic carbocycles. The lowest BCUT2D eigenvalue weighted by Gasteiger charge is -2.08. The summed E-state index contributed by atoms with van der Waals surface area (Å²) in [7, 11) is 0. The first-order valence-electron chi connectivity index (χ1n) is 6.35. The molecule has 0 bridgehead atoms. The molecule has 0 aliphatic rings. The summed E-state index contributed by atoms with van der Waals surface area (Å²) in [5.41, 5.74) is 3.93. The predicted molar refractivity (Wildman–Crippen MR) is 85.7 cm³/mol. The third-order valence-electron chi connectivity index (χ3n) is 3.00. The maximum atomic E-state index is 5.92. The fourth-order valence-corrected chi connectivity index (χ4v) is 2.81. The van der Waals surface area contributed by atoms with E-state index in [1.54, 1.807) is 0 Å². The molecule has 0 fully saturated rings. The van der Waals surface area contributed by atoms with E-state index in [-0.39, 0.29) is 0 Å². The monoisotopic (exact) mass is 337 g/mol. The summed E-state index contributed by atoms with van der Waals surface area (Å²) in [6, 6.07) is 14.5. The molecule has 2 rings (SSSR count). The number of hydrogen-bond acceptors (Lipinski definition) is 1. The van der Waals surface area contributed by atoms with Crippen molar-refractivity contribution in [3.05, 3.63) is 68.7 Å². The van der Waals surface area contributed by atoms with Crippen LogP contribution in [0.25, 0.3) is 0 Å². The van der Waals surface area contributed by atoms with Gasteiger partial charge >= 0.3 is 0 Å². The van der Waals surface area contributed by atoms with Crippen LogP contribution in [0.5, 0.6) is 0 Å². The van der Waals surface area contributed by atoms with Crippen LogP contribution in [0.1, 0.15) is 16.7 Å². The Labute approximate surface area is 128 Å². The van der Waals surface area contributed by atoms with Crippen molar-refractivity contribution in [1.29, 1.82) is 0 Å². The zero-order valence-corrected chi connectivity index (χ0v) is 13.3. The number of hydrogen-bond donors (Lipinski definition) is 1. The lowest BCUT2D eigenvalue weighted by Crippen LogP contribution is -2.17. The van der Waals surface area contributed by atoms with Crippen molar-refractivity contribution in [2.24, 2.45) is 0 Å². The zero-order chi connectivity index (χ0) is 13.7. The van der Waals surface area contributed by atoms with E-state index < -0.39 is 0 Å². The molecular weight excluding hydrogens is 322 g/mol. The zero-order valence-electron chi connectivity index (χ0n) is 10.9. The summed E-state index contributed by atoms with van der Waals surface area (Å²) in [6.45, 7) is 3.95. The topological polar surface area (TPSA) is 12.0 Å². The van der Waals surface area contributed by atoms with Crippen LogP contribution in [-0.2, 0) is 13.0 Å². The summed E-state index contributed by atoms with van der Waals surface area (Å²) < 4.78 is 1.06. The second-order valence-corrected chi connectivity index (χ2v) is 5.94. The summed E-state index contributed by atoms with van der Waals surface area (Å²) in [6.07, 6.45) is 1.05. The van der Waals surface area contributed by atoms with Crippen LogP contribution in [-0.4, -0.2) is 6.54 Å². The average Bonchev–Trinajstić information content (AvgIpc) is 2.37. The van der Waals surface area contributed by atoms with Gasteiger partial charge in [-0.05, 0) is 43.1 Å². The highest BCUT2D eigenvalue weighted by molar-refractivity contribution is 9.10. The Bertz CT molecular complexity index is 554. The minimum absolute atomic E-state index is 0.760. The summed E-state index contributed by atoms with van der Waals surface area (Å²) in [5, 5.41) is 4.22. The molecule has 0 heterocycles. The van der Waals surface area contributed by atoms with Crippen LogP contribution >= 0.6 is 27.5 Å². The number of aryl methyl sites for hydroxylation is 1. The largest absolute Gasteiger partial charge is 0.312 e. The fraction of sp³-hybridized carbons (Fsp3) is 0.250. The molecule has 3 heteroatoms. The van der Waals surface area contributed by atoms with E-state index in [9.17, 15) is 0 Å².